The van der Waals surface area contributed by atoms with Crippen molar-refractivity contribution in [3.8, 4) is 11.3 Å². The molecule has 6 nitrogen and oxygen atoms in total. The minimum absolute atomic E-state index is 0.284. The Morgan fingerprint density at radius 1 is 1.35 bits per heavy atom. The van der Waals surface area contributed by atoms with Crippen LogP contribution in [0.3, 0.4) is 0 Å². The number of carboxylic acids is 1. The molecule has 1 heterocycles. The molecule has 1 aromatic carbocycles. The minimum Gasteiger partial charge on any atom is -0.480 e. The van der Waals surface area contributed by atoms with Gasteiger partial charge in [0.1, 0.15) is 6.04 Å². The van der Waals surface area contributed by atoms with Crippen LogP contribution in [0, 0.1) is 0 Å². The van der Waals surface area contributed by atoms with Crippen LogP contribution in [0.2, 0.25) is 0 Å². The van der Waals surface area contributed by atoms with E-state index in [1.165, 1.54) is 0 Å². The summed E-state index contributed by atoms with van der Waals surface area (Å²) in [5.74, 6) is -0.533. The summed E-state index contributed by atoms with van der Waals surface area (Å²) in [6, 6.07) is 8.37. The smallest absolute Gasteiger partial charge is 0.320 e. The van der Waals surface area contributed by atoms with Gasteiger partial charge in [0, 0.05) is 5.56 Å². The van der Waals surface area contributed by atoms with Gasteiger partial charge in [-0.1, -0.05) is 30.3 Å². The van der Waals surface area contributed by atoms with Crippen molar-refractivity contribution in [2.24, 2.45) is 5.73 Å². The first-order valence-corrected chi connectivity index (χ1v) is 6.33. The molecule has 0 radical (unpaired) electrons. The molecule has 0 fully saturated rings. The highest BCUT2D eigenvalue weighted by Gasteiger charge is 2.16. The van der Waals surface area contributed by atoms with E-state index in [0.717, 1.165) is 5.56 Å². The first-order valence-electron chi connectivity index (χ1n) is 6.33. The number of rotatable bonds is 6. The Labute approximate surface area is 115 Å². The number of aromatic nitrogens is 1. The SMILES string of the molecule is N[C@@H](CCCc1c(-c2ccccc2)o[nH]c1=O)C(=O)O. The summed E-state index contributed by atoms with van der Waals surface area (Å²) in [6.45, 7) is 0. The van der Waals surface area contributed by atoms with Gasteiger partial charge >= 0.3 is 5.97 Å². The average molecular weight is 276 g/mol. The predicted molar refractivity (Wildman–Crippen MR) is 73.3 cm³/mol. The van der Waals surface area contributed by atoms with Crippen molar-refractivity contribution in [1.29, 1.82) is 0 Å². The number of carboxylic acid groups (broad SMARTS) is 1. The molecular weight excluding hydrogens is 260 g/mol. The third-order valence-corrected chi connectivity index (χ3v) is 3.09. The van der Waals surface area contributed by atoms with Gasteiger partial charge in [-0.3, -0.25) is 9.59 Å². The molecule has 1 atom stereocenters. The normalized spacial score (nSPS) is 12.2. The lowest BCUT2D eigenvalue weighted by molar-refractivity contribution is -0.138. The maximum atomic E-state index is 11.7. The van der Waals surface area contributed by atoms with Crippen molar-refractivity contribution in [2.75, 3.05) is 0 Å². The van der Waals surface area contributed by atoms with Gasteiger partial charge in [-0.05, 0) is 19.3 Å². The molecule has 6 heteroatoms. The second-order valence-corrected chi connectivity index (χ2v) is 4.54. The Balaban J connectivity index is 2.11. The van der Waals surface area contributed by atoms with Crippen LogP contribution in [0.1, 0.15) is 18.4 Å². The van der Waals surface area contributed by atoms with E-state index in [9.17, 15) is 9.59 Å². The van der Waals surface area contributed by atoms with Crippen LogP contribution in [0.4, 0.5) is 0 Å². The van der Waals surface area contributed by atoms with Gasteiger partial charge in [0.25, 0.3) is 5.56 Å². The van der Waals surface area contributed by atoms with Gasteiger partial charge in [0.2, 0.25) is 0 Å². The lowest BCUT2D eigenvalue weighted by Gasteiger charge is -2.05. The van der Waals surface area contributed by atoms with Crippen molar-refractivity contribution >= 4 is 5.97 Å². The Bertz CT molecular complexity index is 630. The van der Waals surface area contributed by atoms with Crippen LogP contribution in [-0.2, 0) is 11.2 Å². The molecule has 0 spiro atoms. The molecule has 0 aliphatic rings. The first kappa shape index (κ1) is 14.1. The summed E-state index contributed by atoms with van der Waals surface area (Å²) in [5, 5.41) is 11.0. The second kappa shape index (κ2) is 6.21. The number of hydrogen-bond donors (Lipinski definition) is 3. The van der Waals surface area contributed by atoms with Gasteiger partial charge in [0.15, 0.2) is 5.76 Å². The number of nitrogens with one attached hydrogen (secondary N) is 1. The standard InChI is InChI=1S/C14H16N2O4/c15-11(14(18)19)8-4-7-10-12(20-16-13(10)17)9-5-2-1-3-6-9/h1-3,5-6,11H,4,7-8,15H2,(H,16,17)(H,18,19)/t11-/m0/s1. The molecule has 0 bridgehead atoms. The van der Waals surface area contributed by atoms with E-state index in [4.69, 9.17) is 15.4 Å². The van der Waals surface area contributed by atoms with E-state index in [1.807, 2.05) is 30.3 Å². The van der Waals surface area contributed by atoms with Crippen molar-refractivity contribution in [1.82, 2.24) is 5.16 Å². The molecule has 0 saturated heterocycles. The highest BCUT2D eigenvalue weighted by Crippen LogP contribution is 2.22. The van der Waals surface area contributed by atoms with E-state index < -0.39 is 12.0 Å². The Kier molecular flexibility index (Phi) is 4.37. The van der Waals surface area contributed by atoms with Crippen molar-refractivity contribution in [3.05, 3.63) is 46.2 Å². The van der Waals surface area contributed by atoms with Crippen LogP contribution in [0.5, 0.6) is 0 Å². The van der Waals surface area contributed by atoms with Crippen molar-refractivity contribution < 1.29 is 14.4 Å². The number of carbonyl (C=O) groups is 1. The lowest BCUT2D eigenvalue weighted by Crippen LogP contribution is -2.30. The van der Waals surface area contributed by atoms with Gasteiger partial charge < -0.3 is 15.4 Å². The molecule has 2 rings (SSSR count). The van der Waals surface area contributed by atoms with Crippen LogP contribution in [-0.4, -0.2) is 22.3 Å². The van der Waals surface area contributed by atoms with E-state index in [-0.39, 0.29) is 5.56 Å². The predicted octanol–water partition coefficient (Wildman–Crippen LogP) is 1.37. The van der Waals surface area contributed by atoms with Gasteiger partial charge in [-0.15, -0.1) is 0 Å². The highest BCUT2D eigenvalue weighted by atomic mass is 16.5. The fraction of sp³-hybridized carbons (Fsp3) is 0.286. The van der Waals surface area contributed by atoms with Crippen LogP contribution < -0.4 is 11.3 Å². The lowest BCUT2D eigenvalue weighted by atomic mass is 10.0. The van der Waals surface area contributed by atoms with Gasteiger partial charge in [-0.25, -0.2) is 0 Å². The van der Waals surface area contributed by atoms with E-state index in [1.54, 1.807) is 0 Å². The largest absolute Gasteiger partial charge is 0.480 e. The monoisotopic (exact) mass is 276 g/mol. The molecule has 0 aliphatic carbocycles. The summed E-state index contributed by atoms with van der Waals surface area (Å²) < 4.78 is 5.20. The van der Waals surface area contributed by atoms with Gasteiger partial charge in [-0.2, -0.15) is 5.16 Å². The molecule has 0 saturated carbocycles. The Hall–Kier alpha value is -2.34. The van der Waals surface area contributed by atoms with E-state index in [0.29, 0.717) is 30.6 Å². The zero-order valence-electron chi connectivity index (χ0n) is 10.8. The molecule has 20 heavy (non-hydrogen) atoms. The Morgan fingerprint density at radius 3 is 2.70 bits per heavy atom. The number of H-pyrrole nitrogens is 1. The average Bonchev–Trinajstić information content (AvgIpc) is 2.81. The molecule has 0 unspecified atom stereocenters. The van der Waals surface area contributed by atoms with Gasteiger partial charge in [0.05, 0.1) is 5.56 Å². The van der Waals surface area contributed by atoms with E-state index in [2.05, 4.69) is 5.16 Å². The van der Waals surface area contributed by atoms with Crippen molar-refractivity contribution in [2.45, 2.75) is 25.3 Å². The minimum atomic E-state index is -1.03. The maximum Gasteiger partial charge on any atom is 0.320 e. The number of benzene rings is 1. The summed E-state index contributed by atoms with van der Waals surface area (Å²) in [4.78, 5) is 22.4. The molecule has 4 N–H and O–H groups in total. The molecule has 106 valence electrons. The number of aromatic amines is 1. The molecule has 1 aromatic heterocycles. The number of nitrogens with two attached hydrogens (primary N) is 1. The summed E-state index contributed by atoms with van der Waals surface area (Å²) in [5.41, 5.74) is 6.48. The third-order valence-electron chi connectivity index (χ3n) is 3.09. The van der Waals surface area contributed by atoms with Crippen LogP contribution in [0.25, 0.3) is 11.3 Å². The van der Waals surface area contributed by atoms with Crippen LogP contribution in [0.15, 0.2) is 39.6 Å². The summed E-state index contributed by atoms with van der Waals surface area (Å²) in [7, 11) is 0. The van der Waals surface area contributed by atoms with Crippen LogP contribution >= 0.6 is 0 Å². The Morgan fingerprint density at radius 2 is 2.05 bits per heavy atom. The first-order chi connectivity index (χ1) is 9.59. The zero-order valence-corrected chi connectivity index (χ0v) is 10.8. The maximum absolute atomic E-state index is 11.7. The summed E-state index contributed by atoms with van der Waals surface area (Å²) >= 11 is 0. The summed E-state index contributed by atoms with van der Waals surface area (Å²) in [6.07, 6.45) is 1.25. The van der Waals surface area contributed by atoms with Crippen molar-refractivity contribution in [3.63, 3.8) is 0 Å². The zero-order chi connectivity index (χ0) is 14.5. The second-order valence-electron chi connectivity index (χ2n) is 4.54. The number of hydrogen-bond acceptors (Lipinski definition) is 4. The van der Waals surface area contributed by atoms with E-state index >= 15 is 0 Å². The quantitative estimate of drug-likeness (QED) is 0.738. The molecular formula is C14H16N2O4. The third kappa shape index (κ3) is 3.16. The fourth-order valence-corrected chi connectivity index (χ4v) is 2.00. The number of aliphatic carboxylic acids is 1. The fourth-order valence-electron chi connectivity index (χ4n) is 2.00. The molecule has 0 amide bonds. The molecule has 0 aliphatic heterocycles. The highest BCUT2D eigenvalue weighted by molar-refractivity contribution is 5.72. The topological polar surface area (TPSA) is 109 Å². The molecule has 2 aromatic rings.